The average Bonchev–Trinajstić information content (AvgIpc) is 2.67. The fourth-order valence-corrected chi connectivity index (χ4v) is 1.89. The monoisotopic (exact) mass is 220 g/mol. The third kappa shape index (κ3) is 1.97. The van der Waals surface area contributed by atoms with E-state index in [1.807, 2.05) is 42.9 Å². The van der Waals surface area contributed by atoms with Crippen LogP contribution in [0.4, 0.5) is 0 Å². The zero-order chi connectivity index (χ0) is 11.5. The molecule has 2 heteroatoms. The van der Waals surface area contributed by atoms with Crippen molar-refractivity contribution in [3.63, 3.8) is 0 Å². The number of pyridine rings is 1. The van der Waals surface area contributed by atoms with Crippen LogP contribution in [0.1, 0.15) is 5.56 Å². The van der Waals surface area contributed by atoms with Gasteiger partial charge in [-0.2, -0.15) is 0 Å². The Morgan fingerprint density at radius 1 is 0.941 bits per heavy atom. The molecule has 2 nitrogen and oxygen atoms in total. The van der Waals surface area contributed by atoms with Gasteiger partial charge in [0.05, 0.1) is 0 Å². The maximum absolute atomic E-state index is 4.15. The van der Waals surface area contributed by atoms with Crippen molar-refractivity contribution in [2.75, 3.05) is 0 Å². The van der Waals surface area contributed by atoms with E-state index in [1.54, 1.807) is 0 Å². The van der Waals surface area contributed by atoms with Crippen LogP contribution in [0, 0.1) is 0 Å². The Bertz CT molecular complexity index is 636. The second-order valence-corrected chi connectivity index (χ2v) is 3.91. The third-order valence-corrected chi connectivity index (χ3v) is 2.77. The molecule has 0 unspecified atom stereocenters. The number of hydrogen-bond acceptors (Lipinski definition) is 2. The Morgan fingerprint density at radius 3 is 2.94 bits per heavy atom. The first-order valence-corrected chi connectivity index (χ1v) is 5.58. The van der Waals surface area contributed by atoms with Gasteiger partial charge in [0.25, 0.3) is 0 Å². The molecule has 17 heavy (non-hydrogen) atoms. The molecule has 0 saturated carbocycles. The summed E-state index contributed by atoms with van der Waals surface area (Å²) in [5, 5.41) is 5.63. The third-order valence-electron chi connectivity index (χ3n) is 2.77. The first-order chi connectivity index (χ1) is 8.43. The number of hydrogen-bond donors (Lipinski definition) is 1. The van der Waals surface area contributed by atoms with E-state index in [4.69, 9.17) is 0 Å². The maximum atomic E-state index is 4.15. The van der Waals surface area contributed by atoms with Crippen LogP contribution in [0.3, 0.4) is 0 Å². The highest BCUT2D eigenvalue weighted by atomic mass is 14.8. The average molecular weight is 220 g/mol. The SMILES string of the molecule is C1=CC=C(c2ccc3ccncc3c2)NC=C1. The number of benzene rings is 1. The summed E-state index contributed by atoms with van der Waals surface area (Å²) >= 11 is 0. The van der Waals surface area contributed by atoms with E-state index in [0.717, 1.165) is 11.1 Å². The topological polar surface area (TPSA) is 24.9 Å². The second-order valence-electron chi connectivity index (χ2n) is 3.91. The fraction of sp³-hybridized carbons (Fsp3) is 0. The van der Waals surface area contributed by atoms with Crippen molar-refractivity contribution in [3.05, 3.63) is 72.7 Å². The van der Waals surface area contributed by atoms with E-state index < -0.39 is 0 Å². The van der Waals surface area contributed by atoms with E-state index in [1.165, 1.54) is 10.9 Å². The quantitative estimate of drug-likeness (QED) is 0.798. The van der Waals surface area contributed by atoms with Gasteiger partial charge in [0, 0.05) is 29.7 Å². The molecule has 0 amide bonds. The molecule has 3 rings (SSSR count). The summed E-state index contributed by atoms with van der Waals surface area (Å²) in [6, 6.07) is 8.41. The maximum Gasteiger partial charge on any atom is 0.0453 e. The molecule has 1 aromatic carbocycles. The lowest BCUT2D eigenvalue weighted by atomic mass is 10.1. The van der Waals surface area contributed by atoms with Crippen molar-refractivity contribution < 1.29 is 0 Å². The van der Waals surface area contributed by atoms with Gasteiger partial charge in [0.1, 0.15) is 0 Å². The fourth-order valence-electron chi connectivity index (χ4n) is 1.89. The van der Waals surface area contributed by atoms with Gasteiger partial charge in [0.15, 0.2) is 0 Å². The second kappa shape index (κ2) is 4.26. The normalized spacial score (nSPS) is 14.2. The van der Waals surface area contributed by atoms with Crippen LogP contribution in [-0.2, 0) is 0 Å². The molecule has 0 spiro atoms. The number of allylic oxidation sites excluding steroid dienone is 4. The van der Waals surface area contributed by atoms with Crippen LogP contribution in [0.2, 0.25) is 0 Å². The van der Waals surface area contributed by atoms with Crippen molar-refractivity contribution >= 4 is 16.5 Å². The Balaban J connectivity index is 2.09. The van der Waals surface area contributed by atoms with Gasteiger partial charge in [-0.15, -0.1) is 0 Å². The highest BCUT2D eigenvalue weighted by Gasteiger charge is 2.01. The molecule has 0 atom stereocenters. The summed E-state index contributed by atoms with van der Waals surface area (Å²) < 4.78 is 0. The molecular weight excluding hydrogens is 208 g/mol. The number of rotatable bonds is 1. The minimum Gasteiger partial charge on any atom is -0.361 e. The smallest absolute Gasteiger partial charge is 0.0453 e. The summed E-state index contributed by atoms with van der Waals surface area (Å²) in [4.78, 5) is 4.15. The van der Waals surface area contributed by atoms with Crippen LogP contribution < -0.4 is 5.32 Å². The molecule has 0 fully saturated rings. The van der Waals surface area contributed by atoms with E-state index in [2.05, 4.69) is 34.6 Å². The van der Waals surface area contributed by atoms with E-state index in [-0.39, 0.29) is 0 Å². The molecular formula is C15H12N2. The summed E-state index contributed by atoms with van der Waals surface area (Å²) in [5.74, 6) is 0. The van der Waals surface area contributed by atoms with Crippen molar-refractivity contribution in [3.8, 4) is 0 Å². The lowest BCUT2D eigenvalue weighted by Gasteiger charge is -2.07. The van der Waals surface area contributed by atoms with Gasteiger partial charge in [-0.25, -0.2) is 0 Å². The van der Waals surface area contributed by atoms with E-state index >= 15 is 0 Å². The molecule has 0 aliphatic carbocycles. The highest BCUT2D eigenvalue weighted by molar-refractivity contribution is 5.85. The number of nitrogens with zero attached hydrogens (tertiary/aromatic N) is 1. The van der Waals surface area contributed by atoms with Gasteiger partial charge in [0.2, 0.25) is 0 Å². The summed E-state index contributed by atoms with van der Waals surface area (Å²) in [6.45, 7) is 0. The zero-order valence-corrected chi connectivity index (χ0v) is 9.30. The lowest BCUT2D eigenvalue weighted by molar-refractivity contribution is 1.22. The van der Waals surface area contributed by atoms with Crippen LogP contribution in [0.5, 0.6) is 0 Å². The van der Waals surface area contributed by atoms with Crippen LogP contribution in [0.15, 0.2) is 67.2 Å². The number of nitrogens with one attached hydrogen (secondary N) is 1. The Labute approximate surface area is 100.0 Å². The molecule has 82 valence electrons. The van der Waals surface area contributed by atoms with Crippen LogP contribution in [0.25, 0.3) is 16.5 Å². The lowest BCUT2D eigenvalue weighted by Crippen LogP contribution is -2.02. The molecule has 2 aromatic rings. The van der Waals surface area contributed by atoms with Crippen molar-refractivity contribution in [2.24, 2.45) is 0 Å². The predicted molar refractivity (Wildman–Crippen MR) is 71.1 cm³/mol. The molecule has 1 aliphatic heterocycles. The minimum absolute atomic E-state index is 1.10. The minimum atomic E-state index is 1.10. The summed E-state index contributed by atoms with van der Waals surface area (Å²) in [6.07, 6.45) is 13.7. The van der Waals surface area contributed by atoms with Gasteiger partial charge < -0.3 is 5.32 Å². The number of fused-ring (bicyclic) bond motifs is 1. The molecule has 0 radical (unpaired) electrons. The molecule has 1 N–H and O–H groups in total. The molecule has 0 saturated heterocycles. The van der Waals surface area contributed by atoms with Gasteiger partial charge >= 0.3 is 0 Å². The predicted octanol–water partition coefficient (Wildman–Crippen LogP) is 3.25. The van der Waals surface area contributed by atoms with E-state index in [9.17, 15) is 0 Å². The van der Waals surface area contributed by atoms with Crippen molar-refractivity contribution in [1.29, 1.82) is 0 Å². The Morgan fingerprint density at radius 2 is 1.94 bits per heavy atom. The van der Waals surface area contributed by atoms with Crippen molar-refractivity contribution in [2.45, 2.75) is 0 Å². The van der Waals surface area contributed by atoms with Crippen molar-refractivity contribution in [1.82, 2.24) is 10.3 Å². The molecule has 2 heterocycles. The van der Waals surface area contributed by atoms with Gasteiger partial charge in [-0.3, -0.25) is 4.98 Å². The van der Waals surface area contributed by atoms with Gasteiger partial charge in [-0.1, -0.05) is 24.3 Å². The summed E-state index contributed by atoms with van der Waals surface area (Å²) in [5.41, 5.74) is 2.27. The zero-order valence-electron chi connectivity index (χ0n) is 9.30. The first-order valence-electron chi connectivity index (χ1n) is 5.58. The van der Waals surface area contributed by atoms with Crippen LogP contribution in [-0.4, -0.2) is 4.98 Å². The van der Waals surface area contributed by atoms with E-state index in [0.29, 0.717) is 0 Å². The number of aromatic nitrogens is 1. The standard InChI is InChI=1S/C15H12N2/c1-2-4-15(17-8-3-1)13-6-5-12-7-9-16-11-14(12)10-13/h1-11,17H. The molecule has 1 aromatic heterocycles. The summed E-state index contributed by atoms with van der Waals surface area (Å²) in [7, 11) is 0. The van der Waals surface area contributed by atoms with Crippen LogP contribution >= 0.6 is 0 Å². The Hall–Kier alpha value is -2.35. The first kappa shape index (κ1) is 9.85. The molecule has 0 bridgehead atoms. The van der Waals surface area contributed by atoms with Gasteiger partial charge in [-0.05, 0) is 35.2 Å². The molecule has 1 aliphatic rings. The largest absolute Gasteiger partial charge is 0.361 e. The Kier molecular flexibility index (Phi) is 2.47. The highest BCUT2D eigenvalue weighted by Crippen LogP contribution is 2.19.